The molecule has 1 atom stereocenters. The van der Waals surface area contributed by atoms with E-state index in [1.165, 1.54) is 18.2 Å². The minimum absolute atomic E-state index is 0.0112. The molecule has 0 radical (unpaired) electrons. The van der Waals surface area contributed by atoms with Crippen LogP contribution in [0.15, 0.2) is 71.7 Å². The molecule has 39 heavy (non-hydrogen) atoms. The van der Waals surface area contributed by atoms with Gasteiger partial charge in [-0.2, -0.15) is 0 Å². The Hall–Kier alpha value is -4.72. The molecule has 3 aromatic rings. The maximum Gasteiger partial charge on any atom is 0.339 e. The van der Waals surface area contributed by atoms with E-state index in [0.29, 0.717) is 22.6 Å². The molecular weight excluding hydrogens is 494 g/mol. The number of hydrogen-bond acceptors (Lipinski definition) is 6. The number of carboxylic acids is 1. The van der Waals surface area contributed by atoms with E-state index in [2.05, 4.69) is 36.4 Å². The van der Waals surface area contributed by atoms with Crippen LogP contribution in [-0.2, 0) is 10.2 Å². The van der Waals surface area contributed by atoms with Crippen molar-refractivity contribution in [1.29, 1.82) is 0 Å². The first-order chi connectivity index (χ1) is 18.3. The fraction of sp³-hybridized carbons (Fsp3) is 0.226. The Morgan fingerprint density at radius 3 is 2.31 bits per heavy atom. The fourth-order valence-electron chi connectivity index (χ4n) is 4.27. The van der Waals surface area contributed by atoms with Crippen LogP contribution in [0.4, 0.5) is 11.4 Å². The van der Waals surface area contributed by atoms with Gasteiger partial charge in [0.25, 0.3) is 5.91 Å². The monoisotopic (exact) mass is 525 g/mol. The first-order valence-electron chi connectivity index (χ1n) is 12.5. The van der Waals surface area contributed by atoms with E-state index in [0.717, 1.165) is 16.7 Å². The summed E-state index contributed by atoms with van der Waals surface area (Å²) < 4.78 is 0. The lowest BCUT2D eigenvalue weighted by Crippen LogP contribution is -2.30. The number of hydrogen-bond donors (Lipinski definition) is 4. The molecule has 0 spiro atoms. The number of carboxylic acid groups (broad SMARTS) is 1. The zero-order valence-electron chi connectivity index (χ0n) is 22.5. The van der Waals surface area contributed by atoms with Gasteiger partial charge in [-0.1, -0.05) is 52.0 Å². The highest BCUT2D eigenvalue weighted by molar-refractivity contribution is 6.45. The van der Waals surface area contributed by atoms with Gasteiger partial charge in [-0.05, 0) is 59.9 Å². The molecule has 0 bridgehead atoms. The van der Waals surface area contributed by atoms with Crippen molar-refractivity contribution in [3.05, 3.63) is 94.6 Å². The molecule has 0 aromatic heterocycles. The number of amides is 1. The molecule has 200 valence electrons. The third-order valence-electron chi connectivity index (χ3n) is 6.65. The lowest BCUT2D eigenvalue weighted by Gasteiger charge is -2.20. The number of nitrogens with one attached hydrogen (secondary N) is 2. The summed E-state index contributed by atoms with van der Waals surface area (Å²) in [6, 6.07) is 17.0. The summed E-state index contributed by atoms with van der Waals surface area (Å²) in [5.41, 5.74) is 4.48. The van der Waals surface area contributed by atoms with Crippen LogP contribution in [0.2, 0.25) is 0 Å². The summed E-state index contributed by atoms with van der Waals surface area (Å²) in [5.74, 6) is -2.57. The number of carbonyl (C=O) groups excluding carboxylic acids is 2. The zero-order valence-corrected chi connectivity index (χ0v) is 22.5. The summed E-state index contributed by atoms with van der Waals surface area (Å²) in [5, 5.41) is 25.0. The number of Topliss-reactive ketones (excluding diaryl/α,β-unsaturated/α-hetero) is 1. The van der Waals surface area contributed by atoms with E-state index in [-0.39, 0.29) is 28.5 Å². The Bertz CT molecular complexity index is 1530. The maximum absolute atomic E-state index is 13.0. The summed E-state index contributed by atoms with van der Waals surface area (Å²) in [7, 11) is 0. The third kappa shape index (κ3) is 5.90. The Morgan fingerprint density at radius 2 is 1.69 bits per heavy atom. The Morgan fingerprint density at radius 1 is 1.00 bits per heavy atom. The molecule has 1 unspecified atom stereocenters. The molecule has 0 saturated carbocycles. The maximum atomic E-state index is 13.0. The van der Waals surface area contributed by atoms with Crippen molar-refractivity contribution in [2.24, 2.45) is 10.9 Å². The number of anilines is 2. The van der Waals surface area contributed by atoms with Crippen molar-refractivity contribution in [2.75, 3.05) is 10.6 Å². The molecule has 1 heterocycles. The molecule has 1 aliphatic heterocycles. The number of aromatic carboxylic acids is 1. The van der Waals surface area contributed by atoms with Crippen LogP contribution in [-0.4, -0.2) is 33.7 Å². The summed E-state index contributed by atoms with van der Waals surface area (Å²) in [6.45, 7) is 9.99. The molecule has 8 heteroatoms. The van der Waals surface area contributed by atoms with E-state index in [9.17, 15) is 19.5 Å². The highest BCUT2D eigenvalue weighted by Gasteiger charge is 2.25. The van der Waals surface area contributed by atoms with Crippen molar-refractivity contribution in [1.82, 2.24) is 0 Å². The Balaban J connectivity index is 1.59. The zero-order chi connectivity index (χ0) is 28.5. The van der Waals surface area contributed by atoms with E-state index < -0.39 is 17.6 Å². The highest BCUT2D eigenvalue weighted by Crippen LogP contribution is 2.31. The van der Waals surface area contributed by atoms with Gasteiger partial charge in [-0.3, -0.25) is 9.59 Å². The first-order valence-corrected chi connectivity index (χ1v) is 12.5. The van der Waals surface area contributed by atoms with Crippen LogP contribution in [0.1, 0.15) is 65.1 Å². The van der Waals surface area contributed by atoms with Crippen LogP contribution in [0.3, 0.4) is 0 Å². The minimum atomic E-state index is -1.26. The highest BCUT2D eigenvalue weighted by atomic mass is 16.4. The van der Waals surface area contributed by atoms with Gasteiger partial charge in [0.05, 0.1) is 5.70 Å². The number of phenols is 1. The third-order valence-corrected chi connectivity index (χ3v) is 6.65. The fourth-order valence-corrected chi connectivity index (χ4v) is 4.27. The molecule has 1 amide bonds. The van der Waals surface area contributed by atoms with Gasteiger partial charge in [-0.15, -0.1) is 0 Å². The second-order valence-corrected chi connectivity index (χ2v) is 10.6. The Labute approximate surface area is 227 Å². The molecule has 0 aliphatic carbocycles. The summed E-state index contributed by atoms with van der Waals surface area (Å²) >= 11 is 0. The van der Waals surface area contributed by atoms with Gasteiger partial charge in [0.2, 0.25) is 5.78 Å². The average molecular weight is 526 g/mol. The number of nitrogens with zero attached hydrogens (tertiary/aromatic N) is 1. The first kappa shape index (κ1) is 27.3. The second-order valence-electron chi connectivity index (χ2n) is 10.6. The van der Waals surface area contributed by atoms with Crippen molar-refractivity contribution in [2.45, 2.75) is 40.0 Å². The van der Waals surface area contributed by atoms with Crippen LogP contribution in [0.25, 0.3) is 5.70 Å². The van der Waals surface area contributed by atoms with E-state index in [1.807, 2.05) is 49.4 Å². The largest absolute Gasteiger partial charge is 0.507 e. The summed E-state index contributed by atoms with van der Waals surface area (Å²) in [6.07, 6.45) is 1.76. The van der Waals surface area contributed by atoms with Crippen molar-refractivity contribution >= 4 is 40.6 Å². The SMILES string of the molecule is Cc1c(NC(=O)c2ccc(C(C)(C)C)cc2)cccc1C1=CC(C)C(=O)C(Nc2ccc(C(=O)O)c(O)c2)=N1. The Kier molecular flexibility index (Phi) is 7.40. The number of rotatable bonds is 5. The van der Waals surface area contributed by atoms with Gasteiger partial charge >= 0.3 is 5.97 Å². The molecule has 0 fully saturated rings. The molecule has 0 saturated heterocycles. The number of aliphatic imine (C=N–C) groups is 1. The molecule has 1 aliphatic rings. The normalized spacial score (nSPS) is 15.3. The smallest absolute Gasteiger partial charge is 0.339 e. The number of benzene rings is 3. The average Bonchev–Trinajstić information content (AvgIpc) is 2.87. The lowest BCUT2D eigenvalue weighted by molar-refractivity contribution is -0.114. The topological polar surface area (TPSA) is 128 Å². The number of amidine groups is 1. The lowest BCUT2D eigenvalue weighted by atomic mass is 9.86. The molecule has 3 aromatic carbocycles. The van der Waals surface area contributed by atoms with Gasteiger partial charge in [0.15, 0.2) is 5.84 Å². The van der Waals surface area contributed by atoms with Crippen LogP contribution in [0, 0.1) is 12.8 Å². The van der Waals surface area contributed by atoms with Crippen LogP contribution in [0.5, 0.6) is 5.75 Å². The predicted octanol–water partition coefficient (Wildman–Crippen LogP) is 6.02. The number of allylic oxidation sites excluding steroid dienone is 1. The standard InChI is InChI=1S/C31H31N3O5/c1-17-15-25(33-28(27(17)36)32-21-13-14-23(30(38)39)26(35)16-21)22-7-6-8-24(18(22)2)34-29(37)19-9-11-20(12-10-19)31(3,4)5/h6-17,35H,1-5H3,(H,32,33)(H,34,37)(H,38,39). The van der Waals surface area contributed by atoms with E-state index >= 15 is 0 Å². The van der Waals surface area contributed by atoms with Gasteiger partial charge in [-0.25, -0.2) is 9.79 Å². The molecule has 8 nitrogen and oxygen atoms in total. The van der Waals surface area contributed by atoms with E-state index in [4.69, 9.17) is 5.11 Å². The van der Waals surface area contributed by atoms with Crippen LogP contribution >= 0.6 is 0 Å². The van der Waals surface area contributed by atoms with Gasteiger partial charge in [0, 0.05) is 34.5 Å². The van der Waals surface area contributed by atoms with Gasteiger partial charge in [0.1, 0.15) is 11.3 Å². The molecule has 4 rings (SSSR count). The quantitative estimate of drug-likeness (QED) is 0.323. The van der Waals surface area contributed by atoms with Gasteiger partial charge < -0.3 is 20.8 Å². The van der Waals surface area contributed by atoms with Crippen molar-refractivity contribution in [3.63, 3.8) is 0 Å². The molecular formula is C31H31N3O5. The summed E-state index contributed by atoms with van der Waals surface area (Å²) in [4.78, 5) is 41.6. The number of carbonyl (C=O) groups is 3. The molecule has 4 N–H and O–H groups in total. The number of aromatic hydroxyl groups is 1. The van der Waals surface area contributed by atoms with Crippen LogP contribution < -0.4 is 10.6 Å². The second kappa shape index (κ2) is 10.6. The van der Waals surface area contributed by atoms with E-state index in [1.54, 1.807) is 13.0 Å². The van der Waals surface area contributed by atoms with Crippen molar-refractivity contribution < 1.29 is 24.6 Å². The number of ketones is 1. The minimum Gasteiger partial charge on any atom is -0.507 e. The predicted molar refractivity (Wildman–Crippen MR) is 153 cm³/mol. The van der Waals surface area contributed by atoms with Crippen molar-refractivity contribution in [3.8, 4) is 5.75 Å².